The highest BCUT2D eigenvalue weighted by molar-refractivity contribution is 7.33. The highest BCUT2D eigenvalue weighted by Gasteiger charge is 2.21. The van der Waals surface area contributed by atoms with Gasteiger partial charge in [-0.05, 0) is 13.8 Å². The van der Waals surface area contributed by atoms with Crippen molar-refractivity contribution in [1.82, 2.24) is 9.97 Å². The van der Waals surface area contributed by atoms with Gasteiger partial charge in [0.25, 0.3) is 0 Å². The summed E-state index contributed by atoms with van der Waals surface area (Å²) < 4.78 is 31.8. The Morgan fingerprint density at radius 2 is 1.23 bits per heavy atom. The Labute approximate surface area is 173 Å². The number of nitrogens with zero attached hydrogens (tertiary/aromatic N) is 2. The number of hydrogen-bond donors (Lipinski definition) is 4. The van der Waals surface area contributed by atoms with E-state index in [1.54, 1.807) is 13.8 Å². The Morgan fingerprint density at radius 3 is 1.60 bits per heavy atom. The molecule has 0 spiro atoms. The largest absolute Gasteiger partial charge is 0.702 e. The fourth-order valence-corrected chi connectivity index (χ4v) is 2.87. The molecule has 0 fully saturated rings. The molecule has 0 atom stereocenters. The van der Waals surface area contributed by atoms with Crippen molar-refractivity contribution < 1.29 is 43.5 Å². The molecule has 12 heteroatoms. The second-order valence-electron chi connectivity index (χ2n) is 6.12. The van der Waals surface area contributed by atoms with Gasteiger partial charge >= 0.3 is 8.25 Å². The second kappa shape index (κ2) is 11.8. The van der Waals surface area contributed by atoms with Crippen LogP contribution in [0.5, 0.6) is 11.5 Å². The van der Waals surface area contributed by atoms with Crippen molar-refractivity contribution in [2.45, 2.75) is 40.3 Å². The molecule has 0 radical (unpaired) electrons. The summed E-state index contributed by atoms with van der Waals surface area (Å²) in [5.74, 6) is -0.208. The van der Waals surface area contributed by atoms with Crippen LogP contribution in [0.15, 0.2) is 12.4 Å². The van der Waals surface area contributed by atoms with Crippen LogP contribution in [0.3, 0.4) is 0 Å². The maximum Gasteiger partial charge on any atom is 0.702 e. The summed E-state index contributed by atoms with van der Waals surface area (Å²) in [6.07, 6.45) is 2.92. The maximum absolute atomic E-state index is 11.7. The highest BCUT2D eigenvalue weighted by Crippen LogP contribution is 2.27. The molecule has 164 valence electrons. The van der Waals surface area contributed by atoms with Gasteiger partial charge in [-0.1, -0.05) is 9.05 Å². The number of aliphatic hydroxyl groups excluding tert-OH is 2. The first kappa shape index (κ1) is 24.0. The maximum atomic E-state index is 11.7. The van der Waals surface area contributed by atoms with E-state index in [2.05, 4.69) is 9.97 Å². The summed E-state index contributed by atoms with van der Waals surface area (Å²) in [6.45, 7) is 1.68. The van der Waals surface area contributed by atoms with Gasteiger partial charge in [-0.3, -0.25) is 9.97 Å². The average molecular weight is 443 g/mol. The summed E-state index contributed by atoms with van der Waals surface area (Å²) in [4.78, 5) is 7.96. The molecule has 0 bridgehead atoms. The SMILES string of the molecule is Cc1ncc(COCO[P+](=O)OCOCc2cnc(C)c(O)c2CO)c(CO)c1O. The molecule has 0 amide bonds. The molecule has 11 nitrogen and oxygen atoms in total. The minimum absolute atomic E-state index is 0.0236. The number of pyridine rings is 2. The molecule has 0 aromatic carbocycles. The van der Waals surface area contributed by atoms with Crippen LogP contribution >= 0.6 is 8.25 Å². The Hall–Kier alpha value is -2.24. The van der Waals surface area contributed by atoms with E-state index in [0.29, 0.717) is 33.6 Å². The third-order valence-electron chi connectivity index (χ3n) is 4.17. The monoisotopic (exact) mass is 443 g/mol. The van der Waals surface area contributed by atoms with Crippen molar-refractivity contribution in [2.24, 2.45) is 0 Å². The van der Waals surface area contributed by atoms with E-state index >= 15 is 0 Å². The summed E-state index contributed by atoms with van der Waals surface area (Å²) >= 11 is 0. The zero-order valence-electron chi connectivity index (χ0n) is 16.6. The second-order valence-corrected chi connectivity index (χ2v) is 7.09. The minimum Gasteiger partial charge on any atom is -0.506 e. The predicted octanol–water partition coefficient (Wildman–Crippen LogP) is 1.83. The third-order valence-corrected chi connectivity index (χ3v) is 4.81. The number of aliphatic hydroxyl groups is 2. The summed E-state index contributed by atoms with van der Waals surface area (Å²) in [5.41, 5.74) is 2.32. The Morgan fingerprint density at radius 1 is 0.833 bits per heavy atom. The van der Waals surface area contributed by atoms with Crippen molar-refractivity contribution in [3.05, 3.63) is 46.0 Å². The van der Waals surface area contributed by atoms with Crippen LogP contribution in [0.1, 0.15) is 33.6 Å². The van der Waals surface area contributed by atoms with E-state index in [1.165, 1.54) is 12.4 Å². The van der Waals surface area contributed by atoms with E-state index in [4.69, 9.17) is 18.5 Å². The molecule has 2 aromatic rings. The van der Waals surface area contributed by atoms with E-state index in [1.807, 2.05) is 0 Å². The van der Waals surface area contributed by atoms with E-state index < -0.39 is 8.25 Å². The first-order chi connectivity index (χ1) is 14.4. The van der Waals surface area contributed by atoms with Gasteiger partial charge in [0.1, 0.15) is 11.5 Å². The van der Waals surface area contributed by atoms with Gasteiger partial charge in [-0.25, -0.2) is 0 Å². The fourth-order valence-electron chi connectivity index (χ4n) is 2.47. The molecule has 0 aliphatic carbocycles. The Bertz CT molecular complexity index is 810. The zero-order valence-corrected chi connectivity index (χ0v) is 17.5. The van der Waals surface area contributed by atoms with E-state index in [9.17, 15) is 25.0 Å². The van der Waals surface area contributed by atoms with Gasteiger partial charge in [0.05, 0.1) is 37.8 Å². The lowest BCUT2D eigenvalue weighted by Crippen LogP contribution is -2.04. The van der Waals surface area contributed by atoms with Crippen LogP contribution in [0.2, 0.25) is 0 Å². The molecular weight excluding hydrogens is 419 g/mol. The Balaban J connectivity index is 1.69. The van der Waals surface area contributed by atoms with Crippen molar-refractivity contribution in [2.75, 3.05) is 13.6 Å². The van der Waals surface area contributed by atoms with Crippen LogP contribution in [-0.4, -0.2) is 44.0 Å². The van der Waals surface area contributed by atoms with Crippen molar-refractivity contribution >= 4 is 8.25 Å². The zero-order chi connectivity index (χ0) is 22.1. The number of rotatable bonds is 12. The lowest BCUT2D eigenvalue weighted by Gasteiger charge is -2.10. The highest BCUT2D eigenvalue weighted by atomic mass is 31.1. The van der Waals surface area contributed by atoms with Crippen LogP contribution in [0, 0.1) is 13.8 Å². The molecule has 2 aromatic heterocycles. The van der Waals surface area contributed by atoms with Gasteiger partial charge in [-0.2, -0.15) is 0 Å². The molecule has 2 rings (SSSR count). The number of aryl methyl sites for hydroxylation is 2. The van der Waals surface area contributed by atoms with Crippen LogP contribution in [-0.2, 0) is 49.5 Å². The smallest absolute Gasteiger partial charge is 0.506 e. The molecule has 0 saturated carbocycles. The number of aromatic hydroxyl groups is 2. The molecule has 0 unspecified atom stereocenters. The molecule has 0 aliphatic heterocycles. The van der Waals surface area contributed by atoms with Crippen LogP contribution in [0.4, 0.5) is 0 Å². The van der Waals surface area contributed by atoms with Gasteiger partial charge in [0.2, 0.25) is 13.6 Å². The van der Waals surface area contributed by atoms with Crippen molar-refractivity contribution in [3.8, 4) is 11.5 Å². The molecule has 0 saturated heterocycles. The lowest BCUT2D eigenvalue weighted by atomic mass is 10.1. The van der Waals surface area contributed by atoms with Gasteiger partial charge in [0.15, 0.2) is 0 Å². The molecule has 4 N–H and O–H groups in total. The average Bonchev–Trinajstić information content (AvgIpc) is 2.73. The Kier molecular flexibility index (Phi) is 9.47. The lowest BCUT2D eigenvalue weighted by molar-refractivity contribution is -0.0277. The molecule has 30 heavy (non-hydrogen) atoms. The van der Waals surface area contributed by atoms with E-state index in [-0.39, 0.29) is 51.5 Å². The number of hydrogen-bond acceptors (Lipinski definition) is 11. The molecule has 2 heterocycles. The van der Waals surface area contributed by atoms with Crippen molar-refractivity contribution in [3.63, 3.8) is 0 Å². The number of ether oxygens (including phenoxy) is 2. The minimum atomic E-state index is -2.52. The van der Waals surface area contributed by atoms with Crippen LogP contribution in [0.25, 0.3) is 0 Å². The third kappa shape index (κ3) is 6.38. The quantitative estimate of drug-likeness (QED) is 0.215. The predicted molar refractivity (Wildman–Crippen MR) is 102 cm³/mol. The van der Waals surface area contributed by atoms with E-state index in [0.717, 1.165) is 0 Å². The summed E-state index contributed by atoms with van der Waals surface area (Å²) in [5, 5.41) is 38.4. The summed E-state index contributed by atoms with van der Waals surface area (Å²) in [6, 6.07) is 0. The van der Waals surface area contributed by atoms with Crippen molar-refractivity contribution in [1.29, 1.82) is 0 Å². The topological polar surface area (TPSA) is 161 Å². The first-order valence-corrected chi connectivity index (χ1v) is 9.91. The molecular formula is C18H24N2O9P+. The standard InChI is InChI=1S/C18H23N2O9P/c1-11-17(23)15(5-21)13(3-19-11)7-26-9-28-30(25)29-10-27-8-14-4-20-12(2)18(24)16(14)6-22/h3-4,21-22H,5-10H2,1-2H3,(H-,23,24)/p+1. The first-order valence-electron chi connectivity index (χ1n) is 8.81. The van der Waals surface area contributed by atoms with Gasteiger partial charge in [0, 0.05) is 39.2 Å². The number of aromatic nitrogens is 2. The molecule has 0 aliphatic rings. The van der Waals surface area contributed by atoms with Gasteiger partial charge < -0.3 is 29.9 Å². The van der Waals surface area contributed by atoms with Crippen LogP contribution < -0.4 is 0 Å². The summed E-state index contributed by atoms with van der Waals surface area (Å²) in [7, 11) is -2.52. The fraction of sp³-hybridized carbons (Fsp3) is 0.444. The normalized spacial score (nSPS) is 11.1. The van der Waals surface area contributed by atoms with Gasteiger partial charge in [-0.15, -0.1) is 0 Å².